The Labute approximate surface area is 354 Å². The first-order chi connectivity index (χ1) is 29.8. The van der Waals surface area contributed by atoms with Crippen LogP contribution in [0.25, 0.3) is 22.5 Å². The molecule has 0 radical (unpaired) electrons. The van der Waals surface area contributed by atoms with Gasteiger partial charge in [0.25, 0.3) is 0 Å². The molecule has 8 rings (SSSR count). The summed E-state index contributed by atoms with van der Waals surface area (Å²) in [4.78, 5) is 44.6. The second-order valence-electron chi connectivity index (χ2n) is 15.1. The van der Waals surface area contributed by atoms with Gasteiger partial charge >= 0.3 is 5.97 Å². The number of aryl methyl sites for hydroxylation is 1. The molecule has 0 N–H and O–H groups in total. The highest BCUT2D eigenvalue weighted by Gasteiger charge is 2.42. The van der Waals surface area contributed by atoms with Crippen LogP contribution in [0.5, 0.6) is 0 Å². The summed E-state index contributed by atoms with van der Waals surface area (Å²) in [7, 11) is 0. The van der Waals surface area contributed by atoms with Crippen molar-refractivity contribution in [3.8, 4) is 22.5 Å². The molecular weight excluding hydrogens is 767 g/mol. The maximum Gasteiger partial charge on any atom is 0.315 e. The lowest BCUT2D eigenvalue weighted by molar-refractivity contribution is -0.312. The number of carboxylic acids is 1. The third kappa shape index (κ3) is 7.84. The molecule has 0 aliphatic carbocycles. The summed E-state index contributed by atoms with van der Waals surface area (Å²) >= 11 is 0. The quantitative estimate of drug-likeness (QED) is 0.0638. The van der Waals surface area contributed by atoms with Crippen molar-refractivity contribution in [3.05, 3.63) is 179 Å². The van der Waals surface area contributed by atoms with Gasteiger partial charge in [-0.2, -0.15) is 0 Å². The van der Waals surface area contributed by atoms with Crippen molar-refractivity contribution in [1.29, 1.82) is 0 Å². The molecule has 12 heteroatoms. The van der Waals surface area contributed by atoms with Crippen LogP contribution in [-0.2, 0) is 44.0 Å². The Morgan fingerprint density at radius 3 is 1.93 bits per heavy atom. The molecule has 5 aromatic carbocycles. The van der Waals surface area contributed by atoms with Gasteiger partial charge < -0.3 is 24.1 Å². The van der Waals surface area contributed by atoms with E-state index >= 15 is 0 Å². The molecule has 1 aliphatic rings. The fourth-order valence-electron chi connectivity index (χ4n) is 8.60. The Morgan fingerprint density at radius 2 is 1.36 bits per heavy atom. The van der Waals surface area contributed by atoms with Crippen LogP contribution in [0, 0.1) is 0 Å². The third-order valence-corrected chi connectivity index (χ3v) is 11.4. The molecule has 0 spiro atoms. The number of hydrogen-bond acceptors (Lipinski definition) is 9. The summed E-state index contributed by atoms with van der Waals surface area (Å²) < 4.78 is 8.83. The normalized spacial score (nSPS) is 13.7. The molecule has 12 nitrogen and oxygen atoms in total. The van der Waals surface area contributed by atoms with E-state index in [2.05, 4.69) is 54.6 Å². The number of carbonyl (C=O) groups is 3. The van der Waals surface area contributed by atoms with Crippen molar-refractivity contribution in [2.75, 3.05) is 13.2 Å². The predicted octanol–water partition coefficient (Wildman–Crippen LogP) is 6.56. The summed E-state index contributed by atoms with van der Waals surface area (Å²) in [6.07, 6.45) is 2.22. The van der Waals surface area contributed by atoms with Gasteiger partial charge in [-0.1, -0.05) is 153 Å². The van der Waals surface area contributed by atoms with Crippen molar-refractivity contribution < 1.29 is 24.2 Å². The Balaban J connectivity index is 1.18. The molecule has 2 aromatic heterocycles. The van der Waals surface area contributed by atoms with Gasteiger partial charge in [-0.25, -0.2) is 9.67 Å². The van der Waals surface area contributed by atoms with Crippen LogP contribution in [0.3, 0.4) is 0 Å². The molecule has 1 unspecified atom stereocenters. The van der Waals surface area contributed by atoms with E-state index in [1.165, 1.54) is 4.90 Å². The zero-order chi connectivity index (χ0) is 42.3. The summed E-state index contributed by atoms with van der Waals surface area (Å²) in [5.74, 6) is -1.42. The lowest BCUT2D eigenvalue weighted by Gasteiger charge is -2.37. The van der Waals surface area contributed by atoms with Gasteiger partial charge in [0.1, 0.15) is 23.8 Å². The zero-order valence-corrected chi connectivity index (χ0v) is 34.2. The lowest BCUT2D eigenvalue weighted by atomic mass is 9.77. The van der Waals surface area contributed by atoms with Crippen molar-refractivity contribution in [3.63, 3.8) is 0 Å². The number of hydrogen-bond donors (Lipinski definition) is 0. The second kappa shape index (κ2) is 18.0. The number of imidazole rings is 1. The molecule has 0 bridgehead atoms. The number of aliphatic carboxylic acids is 1. The number of nitrogens with zero attached hydrogens (tertiary/aromatic N) is 7. The molecule has 3 heterocycles. The SMILES string of the molecule is CCCCc1nc2c(n1Cc1ccc(-c3ccccc3-c3nnnn3C(c3ccccc3)(c3ccccc3)c3ccccc3)cc1)C(C(=O)[O-])N(C(=O)CC(=O)OCC)CC2. The van der Waals surface area contributed by atoms with Crippen LogP contribution in [0.2, 0.25) is 0 Å². The maximum atomic E-state index is 13.3. The molecule has 0 fully saturated rings. The molecule has 1 amide bonds. The Hall–Kier alpha value is -7.21. The third-order valence-electron chi connectivity index (χ3n) is 11.4. The van der Waals surface area contributed by atoms with E-state index in [9.17, 15) is 19.5 Å². The monoisotopic (exact) mass is 812 g/mol. The summed E-state index contributed by atoms with van der Waals surface area (Å²) in [5, 5.41) is 26.6. The number of ether oxygens (including phenoxy) is 1. The number of rotatable bonds is 15. The number of carboxylic acid groups (broad SMARTS) is 1. The first-order valence-corrected chi connectivity index (χ1v) is 20.7. The molecular formula is C49H46N7O5-. The molecule has 1 aliphatic heterocycles. The van der Waals surface area contributed by atoms with E-state index in [-0.39, 0.29) is 13.2 Å². The van der Waals surface area contributed by atoms with Crippen LogP contribution in [-0.4, -0.2) is 65.7 Å². The Kier molecular flexibility index (Phi) is 11.9. The van der Waals surface area contributed by atoms with Crippen molar-refractivity contribution in [2.45, 2.75) is 64.1 Å². The highest BCUT2D eigenvalue weighted by molar-refractivity contribution is 5.96. The fourth-order valence-corrected chi connectivity index (χ4v) is 8.60. The number of esters is 1. The number of carbonyl (C=O) groups excluding carboxylic acids is 3. The van der Waals surface area contributed by atoms with Crippen molar-refractivity contribution >= 4 is 17.8 Å². The second-order valence-corrected chi connectivity index (χ2v) is 15.1. The predicted molar refractivity (Wildman–Crippen MR) is 228 cm³/mol. The number of aromatic nitrogens is 6. The minimum Gasteiger partial charge on any atom is -0.547 e. The van der Waals surface area contributed by atoms with Gasteiger partial charge in [-0.15, -0.1) is 5.10 Å². The molecule has 7 aromatic rings. The molecule has 308 valence electrons. The van der Waals surface area contributed by atoms with Crippen LogP contribution in [0.15, 0.2) is 140 Å². The average Bonchev–Trinajstić information content (AvgIpc) is 3.92. The minimum atomic E-state index is -1.42. The fraction of sp³-hybridized carbons (Fsp3) is 0.245. The highest BCUT2D eigenvalue weighted by atomic mass is 16.5. The summed E-state index contributed by atoms with van der Waals surface area (Å²) in [6.45, 7) is 4.29. The Morgan fingerprint density at radius 1 is 0.770 bits per heavy atom. The van der Waals surface area contributed by atoms with E-state index in [4.69, 9.17) is 20.0 Å². The van der Waals surface area contributed by atoms with Gasteiger partial charge in [0.15, 0.2) is 5.82 Å². The highest BCUT2D eigenvalue weighted by Crippen LogP contribution is 2.43. The van der Waals surface area contributed by atoms with Crippen LogP contribution < -0.4 is 5.11 Å². The number of benzene rings is 5. The molecule has 1 atom stereocenters. The van der Waals surface area contributed by atoms with Crippen molar-refractivity contribution in [1.82, 2.24) is 34.7 Å². The van der Waals surface area contributed by atoms with Gasteiger partial charge in [-0.05, 0) is 57.2 Å². The molecule has 0 saturated heterocycles. The lowest BCUT2D eigenvalue weighted by Crippen LogP contribution is -2.49. The summed E-state index contributed by atoms with van der Waals surface area (Å²) in [5.41, 5.74) is 6.69. The van der Waals surface area contributed by atoms with Gasteiger partial charge in [0.05, 0.1) is 24.0 Å². The first kappa shape index (κ1) is 40.6. The minimum absolute atomic E-state index is 0.106. The smallest absolute Gasteiger partial charge is 0.315 e. The maximum absolute atomic E-state index is 13.3. The van der Waals surface area contributed by atoms with Crippen LogP contribution in [0.4, 0.5) is 0 Å². The van der Waals surface area contributed by atoms with Crippen molar-refractivity contribution in [2.24, 2.45) is 0 Å². The van der Waals surface area contributed by atoms with E-state index < -0.39 is 35.8 Å². The largest absolute Gasteiger partial charge is 0.547 e. The number of tetrazole rings is 1. The van der Waals surface area contributed by atoms with E-state index in [0.717, 1.165) is 57.6 Å². The van der Waals surface area contributed by atoms with Gasteiger partial charge in [0, 0.05) is 31.5 Å². The average molecular weight is 813 g/mol. The van der Waals surface area contributed by atoms with E-state index in [0.29, 0.717) is 36.6 Å². The standard InChI is InChI=1S/C49H47N7O5/c1-3-5-25-42-50-41-30-31-54(43(57)32-44(58)61-4-2)46(48(59)60)45(41)55(42)33-34-26-28-35(29-27-34)39-23-15-16-24-40(39)47-51-52-53-56(47)49(36-17-9-6-10-18-36,37-19-11-7-12-20-37)38-21-13-8-14-22-38/h6-24,26-29,46H,3-5,25,30-33H2,1-2H3,(H,59,60)/p-1. The number of unbranched alkanes of at least 4 members (excludes halogenated alkanes) is 1. The number of amides is 1. The van der Waals surface area contributed by atoms with Gasteiger partial charge in [-0.3, -0.25) is 9.59 Å². The Bertz CT molecular complexity index is 2530. The summed E-state index contributed by atoms with van der Waals surface area (Å²) in [6, 6.07) is 45.6. The topological polar surface area (TPSA) is 148 Å². The van der Waals surface area contributed by atoms with Crippen LogP contribution >= 0.6 is 0 Å². The number of fused-ring (bicyclic) bond motifs is 1. The first-order valence-electron chi connectivity index (χ1n) is 20.7. The van der Waals surface area contributed by atoms with Crippen LogP contribution in [0.1, 0.15) is 78.6 Å². The van der Waals surface area contributed by atoms with Gasteiger partial charge in [0.2, 0.25) is 5.91 Å². The molecule has 61 heavy (non-hydrogen) atoms. The van der Waals surface area contributed by atoms with E-state index in [1.807, 2.05) is 106 Å². The van der Waals surface area contributed by atoms with E-state index in [1.54, 1.807) is 6.92 Å². The zero-order valence-electron chi connectivity index (χ0n) is 34.2. The molecule has 0 saturated carbocycles.